The van der Waals surface area contributed by atoms with Gasteiger partial charge < -0.3 is 23.4 Å². The van der Waals surface area contributed by atoms with E-state index in [1.807, 2.05) is 0 Å². The number of ether oxygens (including phenoxy) is 2. The van der Waals surface area contributed by atoms with E-state index in [-0.39, 0.29) is 0 Å². The highest BCUT2D eigenvalue weighted by Crippen LogP contribution is 2.37. The number of hydrogen-bond acceptors (Lipinski definition) is 7. The van der Waals surface area contributed by atoms with Gasteiger partial charge in [0.1, 0.15) is 23.0 Å². The lowest BCUT2D eigenvalue weighted by Crippen LogP contribution is -1.94. The second kappa shape index (κ2) is 7.70. The van der Waals surface area contributed by atoms with Gasteiger partial charge in [-0.05, 0) is 48.5 Å². The summed E-state index contributed by atoms with van der Waals surface area (Å²) in [5, 5.41) is 16.7. The van der Waals surface area contributed by atoms with Crippen molar-refractivity contribution >= 4 is 8.60 Å². The molecule has 0 radical (unpaired) electrons. The maximum Gasteiger partial charge on any atom is 0.460 e. The predicted octanol–water partition coefficient (Wildman–Crippen LogP) is 3.08. The molecule has 0 unspecified atom stereocenters. The van der Waals surface area contributed by atoms with Gasteiger partial charge in [0, 0.05) is 0 Å². The summed E-state index contributed by atoms with van der Waals surface area (Å²) in [4.78, 5) is 9.75. The van der Waals surface area contributed by atoms with Crippen molar-refractivity contribution in [2.45, 2.75) is 0 Å². The van der Waals surface area contributed by atoms with Crippen LogP contribution in [-0.4, -0.2) is 4.89 Å². The molecule has 0 fully saturated rings. The number of benzene rings is 2. The molecule has 0 aliphatic rings. The van der Waals surface area contributed by atoms with Crippen LogP contribution >= 0.6 is 8.60 Å². The van der Waals surface area contributed by atoms with Crippen LogP contribution < -0.4 is 18.5 Å². The first-order valence-corrected chi connectivity index (χ1v) is 7.01. The third-order valence-electron chi connectivity index (χ3n) is 2.34. The molecule has 0 atom stereocenters. The van der Waals surface area contributed by atoms with E-state index in [9.17, 15) is 4.89 Å². The summed E-state index contributed by atoms with van der Waals surface area (Å²) >= 11 is 0. The van der Waals surface area contributed by atoms with Crippen LogP contribution in [0.15, 0.2) is 48.5 Å². The average molecular weight is 316 g/mol. The standard InChI is InChI=1S/C14H9N2O5P/c15-9-18-11-1-5-13(6-2-11)20-22(17)21-14-7-3-12(4-8-14)19-10-16/h1-8,17H. The van der Waals surface area contributed by atoms with Crippen molar-refractivity contribution in [3.8, 4) is 35.5 Å². The minimum Gasteiger partial charge on any atom is -0.418 e. The molecule has 0 amide bonds. The predicted molar refractivity (Wildman–Crippen MR) is 75.8 cm³/mol. The van der Waals surface area contributed by atoms with Crippen molar-refractivity contribution in [3.63, 3.8) is 0 Å². The Labute approximate surface area is 127 Å². The first-order valence-electron chi connectivity index (χ1n) is 5.88. The normalized spacial score (nSPS) is 9.45. The van der Waals surface area contributed by atoms with E-state index in [0.29, 0.717) is 23.0 Å². The molecule has 0 saturated carbocycles. The van der Waals surface area contributed by atoms with Gasteiger partial charge in [-0.2, -0.15) is 0 Å². The Morgan fingerprint density at radius 2 is 1.00 bits per heavy atom. The summed E-state index contributed by atoms with van der Waals surface area (Å²) in [7, 11) is -2.18. The third-order valence-corrected chi connectivity index (χ3v) is 3.08. The van der Waals surface area contributed by atoms with Crippen LogP contribution in [-0.2, 0) is 0 Å². The van der Waals surface area contributed by atoms with Gasteiger partial charge in [-0.3, -0.25) is 0 Å². The maximum absolute atomic E-state index is 9.75. The second-order valence-corrected chi connectivity index (χ2v) is 4.59. The molecule has 0 aromatic heterocycles. The third kappa shape index (κ3) is 4.53. The van der Waals surface area contributed by atoms with Gasteiger partial charge in [-0.1, -0.05) is 0 Å². The fourth-order valence-electron chi connectivity index (χ4n) is 1.44. The number of nitrogens with zero attached hydrogens (tertiary/aromatic N) is 2. The summed E-state index contributed by atoms with van der Waals surface area (Å²) < 4.78 is 19.6. The Morgan fingerprint density at radius 1 is 0.682 bits per heavy atom. The van der Waals surface area contributed by atoms with Crippen molar-refractivity contribution in [1.82, 2.24) is 0 Å². The van der Waals surface area contributed by atoms with E-state index in [4.69, 9.17) is 19.6 Å². The van der Waals surface area contributed by atoms with Crippen molar-refractivity contribution in [2.24, 2.45) is 0 Å². The Hall–Kier alpha value is -2.99. The largest absolute Gasteiger partial charge is 0.460 e. The fourth-order valence-corrected chi connectivity index (χ4v) is 2.08. The van der Waals surface area contributed by atoms with E-state index >= 15 is 0 Å². The van der Waals surface area contributed by atoms with Crippen LogP contribution in [0.25, 0.3) is 0 Å². The molecule has 0 bridgehead atoms. The van der Waals surface area contributed by atoms with E-state index in [1.54, 1.807) is 12.5 Å². The quantitative estimate of drug-likeness (QED) is 0.645. The summed E-state index contributed by atoms with van der Waals surface area (Å²) in [6.45, 7) is 0. The molecule has 0 saturated heterocycles. The first kappa shape index (κ1) is 15.4. The first-order chi connectivity index (χ1) is 10.7. The molecule has 0 heterocycles. The monoisotopic (exact) mass is 316 g/mol. The van der Waals surface area contributed by atoms with Crippen LogP contribution in [0.4, 0.5) is 0 Å². The Balaban J connectivity index is 1.90. The zero-order valence-electron chi connectivity index (χ0n) is 11.0. The Morgan fingerprint density at radius 3 is 1.32 bits per heavy atom. The molecule has 2 rings (SSSR count). The van der Waals surface area contributed by atoms with Crippen molar-refractivity contribution < 1.29 is 23.4 Å². The lowest BCUT2D eigenvalue weighted by atomic mass is 10.3. The Kier molecular flexibility index (Phi) is 5.39. The van der Waals surface area contributed by atoms with Gasteiger partial charge in [-0.15, -0.1) is 10.5 Å². The van der Waals surface area contributed by atoms with E-state index in [0.717, 1.165) is 0 Å². The molecule has 0 aliphatic carbocycles. The van der Waals surface area contributed by atoms with Crippen molar-refractivity contribution in [1.29, 1.82) is 10.5 Å². The van der Waals surface area contributed by atoms with Crippen LogP contribution in [0, 0.1) is 23.0 Å². The number of hydrogen-bond donors (Lipinski definition) is 1. The zero-order valence-corrected chi connectivity index (χ0v) is 11.9. The molecule has 110 valence electrons. The summed E-state index contributed by atoms with van der Waals surface area (Å²) in [6, 6.07) is 12.2. The molecule has 1 N–H and O–H groups in total. The molecule has 0 spiro atoms. The molecule has 0 aliphatic heterocycles. The van der Waals surface area contributed by atoms with Gasteiger partial charge in [0.25, 0.3) is 12.5 Å². The van der Waals surface area contributed by atoms with Crippen LogP contribution in [0.1, 0.15) is 0 Å². The smallest absolute Gasteiger partial charge is 0.418 e. The minimum atomic E-state index is -2.18. The zero-order chi connectivity index (χ0) is 15.8. The molecular formula is C14H9N2O5P. The molecule has 7 nitrogen and oxygen atoms in total. The van der Waals surface area contributed by atoms with Crippen molar-refractivity contribution in [3.05, 3.63) is 48.5 Å². The van der Waals surface area contributed by atoms with Crippen LogP contribution in [0.3, 0.4) is 0 Å². The summed E-state index contributed by atoms with van der Waals surface area (Å²) in [5.41, 5.74) is 0. The average Bonchev–Trinajstić information content (AvgIpc) is 2.52. The summed E-state index contributed by atoms with van der Waals surface area (Å²) in [6.07, 6.45) is 3.10. The lowest BCUT2D eigenvalue weighted by molar-refractivity contribution is 0.381. The molecule has 2 aromatic carbocycles. The van der Waals surface area contributed by atoms with Gasteiger partial charge in [0.2, 0.25) is 0 Å². The highest BCUT2D eigenvalue weighted by Gasteiger charge is 2.11. The fraction of sp³-hybridized carbons (Fsp3) is 0. The summed E-state index contributed by atoms with van der Waals surface area (Å²) in [5.74, 6) is 1.46. The molecule has 2 aromatic rings. The second-order valence-electron chi connectivity index (χ2n) is 3.75. The number of rotatable bonds is 6. The highest BCUT2D eigenvalue weighted by atomic mass is 31.2. The maximum atomic E-state index is 9.75. The minimum absolute atomic E-state index is 0.364. The number of nitriles is 2. The van der Waals surface area contributed by atoms with E-state index in [2.05, 4.69) is 9.47 Å². The SMILES string of the molecule is N#COc1ccc(OP(O)Oc2ccc(OC#N)cc2)cc1. The topological polar surface area (TPSA) is 105 Å². The van der Waals surface area contributed by atoms with Gasteiger partial charge in [0.05, 0.1) is 0 Å². The molecule has 8 heteroatoms. The van der Waals surface area contributed by atoms with Gasteiger partial charge >= 0.3 is 8.60 Å². The van der Waals surface area contributed by atoms with Crippen LogP contribution in [0.2, 0.25) is 0 Å². The van der Waals surface area contributed by atoms with Gasteiger partial charge in [-0.25, -0.2) is 0 Å². The Bertz CT molecular complexity index is 630. The highest BCUT2D eigenvalue weighted by molar-refractivity contribution is 7.41. The van der Waals surface area contributed by atoms with Crippen molar-refractivity contribution in [2.75, 3.05) is 0 Å². The molecular weight excluding hydrogens is 307 g/mol. The molecule has 22 heavy (non-hydrogen) atoms. The van der Waals surface area contributed by atoms with Gasteiger partial charge in [0.15, 0.2) is 0 Å². The van der Waals surface area contributed by atoms with Crippen LogP contribution in [0.5, 0.6) is 23.0 Å². The lowest BCUT2D eigenvalue weighted by Gasteiger charge is -2.12. The van der Waals surface area contributed by atoms with E-state index < -0.39 is 8.60 Å². The van der Waals surface area contributed by atoms with E-state index in [1.165, 1.54) is 48.5 Å².